The fraction of sp³-hybridized carbons (Fsp3) is 0.417. The van der Waals surface area contributed by atoms with Gasteiger partial charge in [-0.05, 0) is 40.5 Å². The van der Waals surface area contributed by atoms with E-state index in [1.54, 1.807) is 23.1 Å². The highest BCUT2D eigenvalue weighted by Crippen LogP contribution is 2.23. The number of nitrogens with zero attached hydrogens (tertiary/aromatic N) is 1. The Morgan fingerprint density at radius 1 is 1.50 bits per heavy atom. The van der Waals surface area contributed by atoms with E-state index < -0.39 is 0 Å². The number of amides is 1. The molecule has 0 unspecified atom stereocenters. The number of halogens is 2. The summed E-state index contributed by atoms with van der Waals surface area (Å²) in [7, 11) is 1.82. The molecule has 2 nitrogen and oxygen atoms in total. The first kappa shape index (κ1) is 13.5. The zero-order valence-electron chi connectivity index (χ0n) is 9.46. The van der Waals surface area contributed by atoms with Gasteiger partial charge < -0.3 is 4.90 Å². The van der Waals surface area contributed by atoms with Crippen molar-refractivity contribution in [2.75, 3.05) is 13.6 Å². The average Bonchev–Trinajstić information content (AvgIpc) is 2.28. The second-order valence-electron chi connectivity index (χ2n) is 3.71. The Bertz CT molecular complexity index is 381. The smallest absolute Gasteiger partial charge is 0.253 e. The number of carbonyl (C=O) groups excluding carboxylic acids is 1. The van der Waals surface area contributed by atoms with E-state index in [9.17, 15) is 4.79 Å². The second kappa shape index (κ2) is 6.26. The summed E-state index contributed by atoms with van der Waals surface area (Å²) in [5, 5.41) is 0.618. The molecular formula is C12H15BrClNO. The van der Waals surface area contributed by atoms with Crippen LogP contribution in [0.1, 0.15) is 30.1 Å². The van der Waals surface area contributed by atoms with Gasteiger partial charge in [0.15, 0.2) is 0 Å². The molecule has 1 aromatic rings. The van der Waals surface area contributed by atoms with E-state index in [-0.39, 0.29) is 5.91 Å². The molecule has 88 valence electrons. The van der Waals surface area contributed by atoms with Gasteiger partial charge in [-0.25, -0.2) is 0 Å². The first-order valence-corrected chi connectivity index (χ1v) is 6.44. The minimum Gasteiger partial charge on any atom is -0.342 e. The Labute approximate surface area is 110 Å². The molecular weight excluding hydrogens is 289 g/mol. The summed E-state index contributed by atoms with van der Waals surface area (Å²) in [6.45, 7) is 2.90. The van der Waals surface area contributed by atoms with Gasteiger partial charge in [-0.2, -0.15) is 0 Å². The minimum absolute atomic E-state index is 0.0332. The molecule has 0 bridgehead atoms. The molecule has 0 saturated carbocycles. The summed E-state index contributed by atoms with van der Waals surface area (Å²) in [5.41, 5.74) is 0.662. The van der Waals surface area contributed by atoms with Crippen LogP contribution in [0.5, 0.6) is 0 Å². The highest BCUT2D eigenvalue weighted by molar-refractivity contribution is 9.10. The fourth-order valence-corrected chi connectivity index (χ4v) is 1.84. The summed E-state index contributed by atoms with van der Waals surface area (Å²) in [5.74, 6) is 0.0332. The van der Waals surface area contributed by atoms with E-state index in [1.165, 1.54) is 0 Å². The van der Waals surface area contributed by atoms with Gasteiger partial charge in [0.2, 0.25) is 0 Å². The minimum atomic E-state index is 0.0332. The Kier molecular flexibility index (Phi) is 5.29. The average molecular weight is 305 g/mol. The van der Waals surface area contributed by atoms with Crippen LogP contribution < -0.4 is 0 Å². The van der Waals surface area contributed by atoms with E-state index in [4.69, 9.17) is 11.6 Å². The molecule has 0 aromatic heterocycles. The van der Waals surface area contributed by atoms with Crippen molar-refractivity contribution in [3.05, 3.63) is 33.3 Å². The largest absolute Gasteiger partial charge is 0.342 e. The topological polar surface area (TPSA) is 20.3 Å². The van der Waals surface area contributed by atoms with Crippen LogP contribution in [0.2, 0.25) is 5.02 Å². The van der Waals surface area contributed by atoms with Crippen molar-refractivity contribution in [2.24, 2.45) is 0 Å². The number of rotatable bonds is 4. The van der Waals surface area contributed by atoms with Crippen LogP contribution >= 0.6 is 27.5 Å². The lowest BCUT2D eigenvalue weighted by Gasteiger charge is -2.16. The van der Waals surface area contributed by atoms with Crippen molar-refractivity contribution < 1.29 is 4.79 Å². The van der Waals surface area contributed by atoms with E-state index in [2.05, 4.69) is 22.9 Å². The Hall–Kier alpha value is -0.540. The number of carbonyl (C=O) groups is 1. The molecule has 0 aliphatic rings. The molecule has 0 aliphatic heterocycles. The molecule has 1 rings (SSSR count). The summed E-state index contributed by atoms with van der Waals surface area (Å²) >= 11 is 9.19. The maximum atomic E-state index is 12.0. The highest BCUT2D eigenvalue weighted by Gasteiger charge is 2.12. The first-order chi connectivity index (χ1) is 7.56. The standard InChI is InChI=1S/C12H15BrClNO/c1-3-4-7-15(2)12(16)9-5-6-11(14)10(13)8-9/h5-6,8H,3-4,7H2,1-2H3. The molecule has 0 heterocycles. The first-order valence-electron chi connectivity index (χ1n) is 5.26. The number of hydrogen-bond acceptors (Lipinski definition) is 1. The predicted octanol–water partition coefficient (Wildman–Crippen LogP) is 3.97. The summed E-state index contributed by atoms with van der Waals surface area (Å²) < 4.78 is 0.754. The Morgan fingerprint density at radius 3 is 2.75 bits per heavy atom. The molecule has 1 amide bonds. The van der Waals surface area contributed by atoms with Crippen molar-refractivity contribution in [1.29, 1.82) is 0 Å². The van der Waals surface area contributed by atoms with Crippen molar-refractivity contribution in [1.82, 2.24) is 4.90 Å². The van der Waals surface area contributed by atoms with Gasteiger partial charge in [-0.1, -0.05) is 24.9 Å². The van der Waals surface area contributed by atoms with Crippen LogP contribution in [0.4, 0.5) is 0 Å². The molecule has 0 saturated heterocycles. The molecule has 0 fully saturated rings. The molecule has 4 heteroatoms. The van der Waals surface area contributed by atoms with Gasteiger partial charge in [0.05, 0.1) is 5.02 Å². The van der Waals surface area contributed by atoms with E-state index >= 15 is 0 Å². The molecule has 0 aliphatic carbocycles. The van der Waals surface area contributed by atoms with Crippen molar-refractivity contribution in [3.8, 4) is 0 Å². The Balaban J connectivity index is 2.76. The van der Waals surface area contributed by atoms with Gasteiger partial charge in [-0.3, -0.25) is 4.79 Å². The van der Waals surface area contributed by atoms with Gasteiger partial charge in [0, 0.05) is 23.6 Å². The van der Waals surface area contributed by atoms with Crippen LogP contribution in [-0.2, 0) is 0 Å². The molecule has 0 spiro atoms. The molecule has 16 heavy (non-hydrogen) atoms. The molecule has 0 N–H and O–H groups in total. The lowest BCUT2D eigenvalue weighted by molar-refractivity contribution is 0.0793. The van der Waals surface area contributed by atoms with E-state index in [0.717, 1.165) is 23.9 Å². The SMILES string of the molecule is CCCCN(C)C(=O)c1ccc(Cl)c(Br)c1. The normalized spacial score (nSPS) is 10.2. The summed E-state index contributed by atoms with van der Waals surface area (Å²) in [6, 6.07) is 5.23. The summed E-state index contributed by atoms with van der Waals surface area (Å²) in [4.78, 5) is 13.7. The predicted molar refractivity (Wildman–Crippen MR) is 71.0 cm³/mol. The maximum Gasteiger partial charge on any atom is 0.253 e. The number of unbranched alkanes of at least 4 members (excludes halogenated alkanes) is 1. The van der Waals surface area contributed by atoms with Crippen molar-refractivity contribution >= 4 is 33.4 Å². The Morgan fingerprint density at radius 2 is 2.19 bits per heavy atom. The molecule has 0 radical (unpaired) electrons. The number of benzene rings is 1. The van der Waals surface area contributed by atoms with E-state index in [0.29, 0.717) is 10.6 Å². The quantitative estimate of drug-likeness (QED) is 0.824. The zero-order valence-corrected chi connectivity index (χ0v) is 11.8. The van der Waals surface area contributed by atoms with Gasteiger partial charge in [-0.15, -0.1) is 0 Å². The molecule has 1 aromatic carbocycles. The van der Waals surface area contributed by atoms with Gasteiger partial charge >= 0.3 is 0 Å². The van der Waals surface area contributed by atoms with Crippen LogP contribution in [0.25, 0.3) is 0 Å². The van der Waals surface area contributed by atoms with Crippen LogP contribution in [0, 0.1) is 0 Å². The van der Waals surface area contributed by atoms with Gasteiger partial charge in [0.1, 0.15) is 0 Å². The highest BCUT2D eigenvalue weighted by atomic mass is 79.9. The number of hydrogen-bond donors (Lipinski definition) is 0. The van der Waals surface area contributed by atoms with Crippen LogP contribution in [0.15, 0.2) is 22.7 Å². The van der Waals surface area contributed by atoms with Crippen molar-refractivity contribution in [2.45, 2.75) is 19.8 Å². The van der Waals surface area contributed by atoms with Gasteiger partial charge in [0.25, 0.3) is 5.91 Å². The van der Waals surface area contributed by atoms with Crippen molar-refractivity contribution in [3.63, 3.8) is 0 Å². The van der Waals surface area contributed by atoms with E-state index in [1.807, 2.05) is 7.05 Å². The lowest BCUT2D eigenvalue weighted by atomic mass is 10.2. The summed E-state index contributed by atoms with van der Waals surface area (Å²) in [6.07, 6.45) is 2.11. The lowest BCUT2D eigenvalue weighted by Crippen LogP contribution is -2.27. The molecule has 0 atom stereocenters. The fourth-order valence-electron chi connectivity index (χ4n) is 1.35. The third-order valence-corrected chi connectivity index (χ3v) is 3.57. The monoisotopic (exact) mass is 303 g/mol. The van der Waals surface area contributed by atoms with Crippen LogP contribution in [-0.4, -0.2) is 24.4 Å². The third kappa shape index (κ3) is 3.49. The second-order valence-corrected chi connectivity index (χ2v) is 4.97. The zero-order chi connectivity index (χ0) is 12.1. The maximum absolute atomic E-state index is 12.0. The van der Waals surface area contributed by atoms with Crippen LogP contribution in [0.3, 0.4) is 0 Å². The third-order valence-electron chi connectivity index (χ3n) is 2.36.